The van der Waals surface area contributed by atoms with E-state index in [9.17, 15) is 0 Å². The summed E-state index contributed by atoms with van der Waals surface area (Å²) in [5.74, 6) is 3.28. The monoisotopic (exact) mass is 473 g/mol. The van der Waals surface area contributed by atoms with E-state index in [1.807, 2.05) is 31.2 Å². The molecule has 4 rings (SSSR count). The van der Waals surface area contributed by atoms with Crippen LogP contribution in [0, 0.1) is 0 Å². The third kappa shape index (κ3) is 5.45. The van der Waals surface area contributed by atoms with Crippen LogP contribution < -0.4 is 9.47 Å². The van der Waals surface area contributed by atoms with Gasteiger partial charge in [0, 0.05) is 17.0 Å². The Morgan fingerprint density at radius 3 is 2.26 bits per heavy atom. The van der Waals surface area contributed by atoms with E-state index in [0.29, 0.717) is 6.61 Å². The minimum absolute atomic E-state index is 0.0963. The standard InChI is InChI=1S/C28H31N3O2S/c1-6-33-24-16-14-23(15-17-24)31-26(21-10-12-22(13-11-21)28(2,3)4)29-30-27(31)34-19-20-8-7-9-25(18-20)32-5/h7-18H,6,19H2,1-5H3. The van der Waals surface area contributed by atoms with E-state index < -0.39 is 0 Å². The van der Waals surface area contributed by atoms with Crippen molar-refractivity contribution in [3.8, 4) is 28.6 Å². The van der Waals surface area contributed by atoms with Crippen LogP contribution in [0.4, 0.5) is 0 Å². The molecule has 1 heterocycles. The van der Waals surface area contributed by atoms with Crippen LogP contribution in [0.1, 0.15) is 38.8 Å². The zero-order valence-corrected chi connectivity index (χ0v) is 21.2. The van der Waals surface area contributed by atoms with Crippen LogP contribution in [-0.4, -0.2) is 28.5 Å². The molecule has 0 N–H and O–H groups in total. The quantitative estimate of drug-likeness (QED) is 0.260. The van der Waals surface area contributed by atoms with E-state index in [0.717, 1.165) is 39.5 Å². The maximum Gasteiger partial charge on any atom is 0.196 e. The lowest BCUT2D eigenvalue weighted by molar-refractivity contribution is 0.340. The number of ether oxygens (including phenoxy) is 2. The molecule has 5 nitrogen and oxygen atoms in total. The molecule has 0 unspecified atom stereocenters. The maximum absolute atomic E-state index is 5.64. The molecule has 0 aliphatic heterocycles. The highest BCUT2D eigenvalue weighted by atomic mass is 32.2. The van der Waals surface area contributed by atoms with Gasteiger partial charge < -0.3 is 9.47 Å². The molecule has 1 aromatic heterocycles. The molecular formula is C28H31N3O2S. The van der Waals surface area contributed by atoms with Gasteiger partial charge in [-0.2, -0.15) is 0 Å². The Balaban J connectivity index is 1.70. The van der Waals surface area contributed by atoms with Crippen molar-refractivity contribution in [3.05, 3.63) is 83.9 Å². The van der Waals surface area contributed by atoms with Gasteiger partial charge in [0.1, 0.15) is 11.5 Å². The van der Waals surface area contributed by atoms with Crippen LogP contribution in [-0.2, 0) is 11.2 Å². The predicted molar refractivity (Wildman–Crippen MR) is 139 cm³/mol. The molecule has 0 saturated heterocycles. The van der Waals surface area contributed by atoms with Gasteiger partial charge >= 0.3 is 0 Å². The fourth-order valence-electron chi connectivity index (χ4n) is 3.67. The summed E-state index contributed by atoms with van der Waals surface area (Å²) in [6.07, 6.45) is 0. The van der Waals surface area contributed by atoms with Crippen molar-refractivity contribution in [2.45, 2.75) is 44.0 Å². The molecule has 0 atom stereocenters. The number of rotatable bonds is 8. The van der Waals surface area contributed by atoms with Crippen LogP contribution in [0.15, 0.2) is 78.0 Å². The van der Waals surface area contributed by atoms with Gasteiger partial charge in [-0.1, -0.05) is 68.9 Å². The number of aromatic nitrogens is 3. The van der Waals surface area contributed by atoms with Crippen molar-refractivity contribution in [1.29, 1.82) is 0 Å². The summed E-state index contributed by atoms with van der Waals surface area (Å²) in [6, 6.07) is 24.8. The third-order valence-corrected chi connectivity index (χ3v) is 6.55. The summed E-state index contributed by atoms with van der Waals surface area (Å²) in [6.45, 7) is 9.28. The number of hydrogen-bond acceptors (Lipinski definition) is 5. The molecule has 0 aliphatic rings. The van der Waals surface area contributed by atoms with Crippen molar-refractivity contribution in [2.75, 3.05) is 13.7 Å². The molecule has 0 amide bonds. The minimum atomic E-state index is 0.0963. The van der Waals surface area contributed by atoms with Crippen LogP contribution in [0.5, 0.6) is 11.5 Å². The first-order chi connectivity index (χ1) is 16.4. The molecule has 0 spiro atoms. The van der Waals surface area contributed by atoms with Crippen molar-refractivity contribution >= 4 is 11.8 Å². The fraction of sp³-hybridized carbons (Fsp3) is 0.286. The molecule has 0 radical (unpaired) electrons. The van der Waals surface area contributed by atoms with Gasteiger partial charge in [-0.15, -0.1) is 10.2 Å². The van der Waals surface area contributed by atoms with Gasteiger partial charge in [-0.05, 0) is 59.9 Å². The number of hydrogen-bond donors (Lipinski definition) is 0. The van der Waals surface area contributed by atoms with Crippen LogP contribution >= 0.6 is 11.8 Å². The highest BCUT2D eigenvalue weighted by Crippen LogP contribution is 2.32. The molecule has 6 heteroatoms. The predicted octanol–water partition coefficient (Wildman–Crippen LogP) is 6.93. The molecule has 0 fully saturated rings. The van der Waals surface area contributed by atoms with E-state index in [4.69, 9.17) is 9.47 Å². The number of thioether (sulfide) groups is 1. The van der Waals surface area contributed by atoms with Gasteiger partial charge in [-0.25, -0.2) is 0 Å². The number of methoxy groups -OCH3 is 1. The minimum Gasteiger partial charge on any atom is -0.497 e. The van der Waals surface area contributed by atoms with Crippen molar-refractivity contribution in [3.63, 3.8) is 0 Å². The lowest BCUT2D eigenvalue weighted by Crippen LogP contribution is -2.10. The SMILES string of the molecule is CCOc1ccc(-n2c(SCc3cccc(OC)c3)nnc2-c2ccc(C(C)(C)C)cc2)cc1. The summed E-state index contributed by atoms with van der Waals surface area (Å²) in [7, 11) is 1.69. The van der Waals surface area contributed by atoms with Crippen molar-refractivity contribution in [2.24, 2.45) is 0 Å². The average molecular weight is 474 g/mol. The lowest BCUT2D eigenvalue weighted by atomic mass is 9.87. The zero-order chi connectivity index (χ0) is 24.1. The smallest absolute Gasteiger partial charge is 0.196 e. The van der Waals surface area contributed by atoms with Gasteiger partial charge in [0.25, 0.3) is 0 Å². The number of nitrogens with zero attached hydrogens (tertiary/aromatic N) is 3. The molecule has 0 bridgehead atoms. The largest absolute Gasteiger partial charge is 0.497 e. The van der Waals surface area contributed by atoms with Crippen molar-refractivity contribution < 1.29 is 9.47 Å². The van der Waals surface area contributed by atoms with E-state index in [-0.39, 0.29) is 5.41 Å². The molecule has 0 saturated carbocycles. The second-order valence-corrected chi connectivity index (χ2v) is 9.98. The Hall–Kier alpha value is -3.25. The van der Waals surface area contributed by atoms with E-state index in [1.54, 1.807) is 18.9 Å². The molecule has 3 aromatic carbocycles. The first-order valence-corrected chi connectivity index (χ1v) is 12.4. The topological polar surface area (TPSA) is 49.2 Å². The first-order valence-electron chi connectivity index (χ1n) is 11.4. The van der Waals surface area contributed by atoms with E-state index >= 15 is 0 Å². The average Bonchev–Trinajstić information content (AvgIpc) is 3.27. The summed E-state index contributed by atoms with van der Waals surface area (Å²) in [5.41, 5.74) is 4.58. The molecule has 176 valence electrons. The Bertz CT molecular complexity index is 1230. The molecule has 0 aliphatic carbocycles. The van der Waals surface area contributed by atoms with E-state index in [2.05, 4.69) is 84.1 Å². The lowest BCUT2D eigenvalue weighted by Gasteiger charge is -2.19. The van der Waals surface area contributed by atoms with Gasteiger partial charge in [0.15, 0.2) is 11.0 Å². The summed E-state index contributed by atoms with van der Waals surface area (Å²) in [4.78, 5) is 0. The highest BCUT2D eigenvalue weighted by Gasteiger charge is 2.18. The van der Waals surface area contributed by atoms with Crippen LogP contribution in [0.2, 0.25) is 0 Å². The Kier molecular flexibility index (Phi) is 7.27. The Labute approximate surface area is 206 Å². The van der Waals surface area contributed by atoms with Gasteiger partial charge in [0.2, 0.25) is 0 Å². The number of benzene rings is 3. The second kappa shape index (κ2) is 10.3. The molecule has 4 aromatic rings. The zero-order valence-electron chi connectivity index (χ0n) is 20.4. The summed E-state index contributed by atoms with van der Waals surface area (Å²) in [5, 5.41) is 10.0. The van der Waals surface area contributed by atoms with Crippen LogP contribution in [0.25, 0.3) is 17.1 Å². The van der Waals surface area contributed by atoms with Crippen LogP contribution in [0.3, 0.4) is 0 Å². The fourth-order valence-corrected chi connectivity index (χ4v) is 4.57. The van der Waals surface area contributed by atoms with Crippen molar-refractivity contribution in [1.82, 2.24) is 14.8 Å². The Morgan fingerprint density at radius 1 is 0.882 bits per heavy atom. The Morgan fingerprint density at radius 2 is 1.62 bits per heavy atom. The normalized spacial score (nSPS) is 11.4. The third-order valence-electron chi connectivity index (χ3n) is 5.55. The molecule has 34 heavy (non-hydrogen) atoms. The van der Waals surface area contributed by atoms with Gasteiger partial charge in [0.05, 0.1) is 13.7 Å². The highest BCUT2D eigenvalue weighted by molar-refractivity contribution is 7.98. The summed E-state index contributed by atoms with van der Waals surface area (Å²) < 4.78 is 13.1. The summed E-state index contributed by atoms with van der Waals surface area (Å²) >= 11 is 1.65. The first kappa shape index (κ1) is 23.9. The van der Waals surface area contributed by atoms with E-state index in [1.165, 1.54) is 11.1 Å². The maximum atomic E-state index is 5.64. The second-order valence-electron chi connectivity index (χ2n) is 9.04. The van der Waals surface area contributed by atoms with Gasteiger partial charge in [-0.3, -0.25) is 4.57 Å². The molecular weight excluding hydrogens is 442 g/mol.